The minimum atomic E-state index is -4.61. The Morgan fingerprint density at radius 3 is 2.50 bits per heavy atom. The normalized spacial score (nSPS) is 17.4. The zero-order chi connectivity index (χ0) is 19.6. The fourth-order valence-electron chi connectivity index (χ4n) is 2.46. The number of rotatable bonds is 4. The van der Waals surface area contributed by atoms with Gasteiger partial charge in [-0.2, -0.15) is 13.2 Å². The van der Waals surface area contributed by atoms with Gasteiger partial charge in [-0.05, 0) is 6.07 Å². The summed E-state index contributed by atoms with van der Waals surface area (Å²) in [4.78, 5) is 35.6. The molecule has 0 radical (unpaired) electrons. The van der Waals surface area contributed by atoms with Crippen LogP contribution in [0.15, 0.2) is 12.1 Å². The third-order valence-electron chi connectivity index (χ3n) is 3.68. The molecule has 6 nitrogen and oxygen atoms in total. The molecule has 142 valence electrons. The predicted molar refractivity (Wildman–Crippen MR) is 77.1 cm³/mol. The van der Waals surface area contributed by atoms with Gasteiger partial charge in [0.1, 0.15) is 18.2 Å². The zero-order valence-electron chi connectivity index (χ0n) is 13.3. The summed E-state index contributed by atoms with van der Waals surface area (Å²) < 4.78 is 68.8. The lowest BCUT2D eigenvalue weighted by Crippen LogP contribution is -2.36. The molecule has 1 heterocycles. The van der Waals surface area contributed by atoms with Crippen LogP contribution in [0.2, 0.25) is 0 Å². The van der Waals surface area contributed by atoms with Crippen LogP contribution in [0.4, 0.5) is 27.6 Å². The monoisotopic (exact) mass is 380 g/mol. The van der Waals surface area contributed by atoms with E-state index in [1.54, 1.807) is 0 Å². The fraction of sp³-hybridized carbons (Fsp3) is 0.400. The molecule has 1 unspecified atom stereocenters. The summed E-state index contributed by atoms with van der Waals surface area (Å²) in [6.45, 7) is -1.98. The van der Waals surface area contributed by atoms with Crippen molar-refractivity contribution >= 4 is 23.5 Å². The van der Waals surface area contributed by atoms with Crippen LogP contribution in [0, 0.1) is 17.6 Å². The van der Waals surface area contributed by atoms with Crippen molar-refractivity contribution in [1.29, 1.82) is 0 Å². The molecule has 1 aliphatic rings. The first-order valence-electron chi connectivity index (χ1n) is 7.24. The Bertz CT molecular complexity index is 750. The number of amides is 2. The molecule has 0 aromatic heterocycles. The first kappa shape index (κ1) is 19.6. The van der Waals surface area contributed by atoms with E-state index in [0.29, 0.717) is 17.0 Å². The maximum Gasteiger partial charge on any atom is 0.406 e. The SMILES string of the molecule is COC(=O)c1cc(NC(=O)C2CC(=O)N(CC(F)(F)F)C2)c(F)cc1F. The summed E-state index contributed by atoms with van der Waals surface area (Å²) in [5.41, 5.74) is -1.19. The first-order chi connectivity index (χ1) is 12.0. The summed E-state index contributed by atoms with van der Waals surface area (Å²) in [6, 6.07) is 1.07. The smallest absolute Gasteiger partial charge is 0.406 e. The number of benzene rings is 1. The van der Waals surface area contributed by atoms with Crippen molar-refractivity contribution in [3.8, 4) is 0 Å². The molecule has 1 saturated heterocycles. The minimum absolute atomic E-state index is 0.359. The number of hydrogen-bond donors (Lipinski definition) is 1. The molecular weight excluding hydrogens is 367 g/mol. The van der Waals surface area contributed by atoms with Crippen LogP contribution >= 0.6 is 0 Å². The highest BCUT2D eigenvalue weighted by atomic mass is 19.4. The first-order valence-corrected chi connectivity index (χ1v) is 7.24. The molecule has 0 aliphatic carbocycles. The van der Waals surface area contributed by atoms with Gasteiger partial charge in [-0.25, -0.2) is 13.6 Å². The lowest BCUT2D eigenvalue weighted by atomic mass is 10.1. The van der Waals surface area contributed by atoms with Gasteiger partial charge in [0.2, 0.25) is 11.8 Å². The van der Waals surface area contributed by atoms with Crippen LogP contribution in [0.5, 0.6) is 0 Å². The Kier molecular flexibility index (Phi) is 5.47. The Hall–Kier alpha value is -2.72. The van der Waals surface area contributed by atoms with E-state index in [-0.39, 0.29) is 0 Å². The van der Waals surface area contributed by atoms with E-state index < -0.39 is 72.3 Å². The number of carbonyl (C=O) groups excluding carboxylic acids is 3. The molecule has 1 N–H and O–H groups in total. The van der Waals surface area contributed by atoms with Crippen molar-refractivity contribution in [2.45, 2.75) is 12.6 Å². The highest BCUT2D eigenvalue weighted by Gasteiger charge is 2.40. The van der Waals surface area contributed by atoms with E-state index in [1.807, 2.05) is 0 Å². The number of halogens is 5. The van der Waals surface area contributed by atoms with Crippen molar-refractivity contribution < 1.29 is 41.1 Å². The van der Waals surface area contributed by atoms with E-state index in [9.17, 15) is 36.3 Å². The average molecular weight is 380 g/mol. The van der Waals surface area contributed by atoms with Crippen molar-refractivity contribution in [3.05, 3.63) is 29.3 Å². The number of hydrogen-bond acceptors (Lipinski definition) is 4. The quantitative estimate of drug-likeness (QED) is 0.641. The highest BCUT2D eigenvalue weighted by molar-refractivity contribution is 5.98. The maximum atomic E-state index is 13.8. The second kappa shape index (κ2) is 7.26. The fourth-order valence-corrected chi connectivity index (χ4v) is 2.46. The standard InChI is InChI=1S/C15H13F5N2O4/c1-26-14(25)8-3-11(10(17)4-9(8)16)21-13(24)7-2-12(23)22(5-7)6-15(18,19)20/h3-4,7H,2,5-6H2,1H3,(H,21,24). The van der Waals surface area contributed by atoms with E-state index in [1.165, 1.54) is 0 Å². The summed E-state index contributed by atoms with van der Waals surface area (Å²) >= 11 is 0. The Morgan fingerprint density at radius 1 is 1.27 bits per heavy atom. The number of ether oxygens (including phenoxy) is 1. The summed E-state index contributed by atoms with van der Waals surface area (Å²) in [7, 11) is 0.975. The van der Waals surface area contributed by atoms with Gasteiger partial charge in [0.15, 0.2) is 0 Å². The van der Waals surface area contributed by atoms with Gasteiger partial charge >= 0.3 is 12.1 Å². The molecule has 1 aromatic carbocycles. The molecule has 0 spiro atoms. The number of anilines is 1. The molecule has 1 aliphatic heterocycles. The molecule has 0 saturated carbocycles. The molecule has 2 rings (SSSR count). The molecule has 1 atom stereocenters. The third kappa shape index (κ3) is 4.46. The maximum absolute atomic E-state index is 13.8. The van der Waals surface area contributed by atoms with Crippen LogP contribution in [0.25, 0.3) is 0 Å². The second-order valence-corrected chi connectivity index (χ2v) is 5.58. The van der Waals surface area contributed by atoms with Gasteiger partial charge in [-0.1, -0.05) is 0 Å². The van der Waals surface area contributed by atoms with E-state index in [0.717, 1.165) is 7.11 Å². The number of carbonyl (C=O) groups is 3. The Labute approximate surface area is 143 Å². The molecule has 1 fully saturated rings. The molecule has 2 amide bonds. The lowest BCUT2D eigenvalue weighted by molar-refractivity contribution is -0.157. The van der Waals surface area contributed by atoms with Crippen molar-refractivity contribution in [2.24, 2.45) is 5.92 Å². The highest BCUT2D eigenvalue weighted by Crippen LogP contribution is 2.26. The van der Waals surface area contributed by atoms with E-state index in [4.69, 9.17) is 0 Å². The largest absolute Gasteiger partial charge is 0.465 e. The van der Waals surface area contributed by atoms with Gasteiger partial charge in [0.05, 0.1) is 24.3 Å². The second-order valence-electron chi connectivity index (χ2n) is 5.58. The van der Waals surface area contributed by atoms with Gasteiger partial charge in [-0.3, -0.25) is 9.59 Å². The van der Waals surface area contributed by atoms with Crippen molar-refractivity contribution in [1.82, 2.24) is 4.90 Å². The van der Waals surface area contributed by atoms with Crippen LogP contribution in [-0.4, -0.2) is 49.1 Å². The summed E-state index contributed by atoms with van der Waals surface area (Å²) in [5, 5.41) is 2.05. The molecule has 26 heavy (non-hydrogen) atoms. The van der Waals surface area contributed by atoms with Crippen LogP contribution in [-0.2, 0) is 14.3 Å². The van der Waals surface area contributed by atoms with Gasteiger partial charge < -0.3 is 15.0 Å². The van der Waals surface area contributed by atoms with Gasteiger partial charge in [-0.15, -0.1) is 0 Å². The van der Waals surface area contributed by atoms with E-state index >= 15 is 0 Å². The topological polar surface area (TPSA) is 75.7 Å². The Balaban J connectivity index is 2.13. The van der Waals surface area contributed by atoms with Crippen molar-refractivity contribution in [2.75, 3.05) is 25.5 Å². The zero-order valence-corrected chi connectivity index (χ0v) is 13.3. The summed E-state index contributed by atoms with van der Waals surface area (Å²) in [5.74, 6) is -6.44. The van der Waals surface area contributed by atoms with Crippen LogP contribution in [0.1, 0.15) is 16.8 Å². The molecule has 1 aromatic rings. The Morgan fingerprint density at radius 2 is 1.92 bits per heavy atom. The van der Waals surface area contributed by atoms with Crippen LogP contribution in [0.3, 0.4) is 0 Å². The van der Waals surface area contributed by atoms with Gasteiger partial charge in [0.25, 0.3) is 0 Å². The number of likely N-dealkylation sites (tertiary alicyclic amines) is 1. The number of nitrogens with one attached hydrogen (secondary N) is 1. The summed E-state index contributed by atoms with van der Waals surface area (Å²) in [6.07, 6.45) is -5.09. The molecule has 11 heteroatoms. The number of methoxy groups -OCH3 is 1. The van der Waals surface area contributed by atoms with Gasteiger partial charge in [0, 0.05) is 19.0 Å². The molecular formula is C15H13F5N2O4. The number of esters is 1. The van der Waals surface area contributed by atoms with Crippen LogP contribution < -0.4 is 5.32 Å². The predicted octanol–water partition coefficient (Wildman–Crippen LogP) is 2.10. The van der Waals surface area contributed by atoms with Crippen molar-refractivity contribution in [3.63, 3.8) is 0 Å². The minimum Gasteiger partial charge on any atom is -0.465 e. The lowest BCUT2D eigenvalue weighted by Gasteiger charge is -2.18. The van der Waals surface area contributed by atoms with E-state index in [2.05, 4.69) is 10.1 Å². The number of alkyl halides is 3. The molecule has 0 bridgehead atoms. The third-order valence-corrected chi connectivity index (χ3v) is 3.68. The number of nitrogens with zero attached hydrogens (tertiary/aromatic N) is 1. The average Bonchev–Trinajstić information content (AvgIpc) is 2.88.